The van der Waals surface area contributed by atoms with Gasteiger partial charge in [-0.25, -0.2) is 4.79 Å². The topological polar surface area (TPSA) is 98.5 Å². The molecule has 9 heteroatoms. The monoisotopic (exact) mass is 450 g/mol. The number of esters is 1. The van der Waals surface area contributed by atoms with Crippen LogP contribution >= 0.6 is 23.4 Å². The van der Waals surface area contributed by atoms with E-state index in [-0.39, 0.29) is 28.7 Å². The number of benzene rings is 1. The molecule has 1 unspecified atom stereocenters. The van der Waals surface area contributed by atoms with Crippen molar-refractivity contribution in [2.24, 2.45) is 0 Å². The van der Waals surface area contributed by atoms with Gasteiger partial charge in [0.05, 0.1) is 10.5 Å². The number of carbonyl (C=O) groups excluding carboxylic acids is 2. The molecule has 1 aliphatic heterocycles. The van der Waals surface area contributed by atoms with Gasteiger partial charge >= 0.3 is 5.97 Å². The zero-order chi connectivity index (χ0) is 21.8. The van der Waals surface area contributed by atoms with Gasteiger partial charge in [-0.3, -0.25) is 14.9 Å². The standard InChI is InChI=1S/C21H23ClN2O5S/c1-3-30-10-9-29-21(26)18-12(2)23-16-5-4-6-17(25)20(16)19(18)14-11-13(24(27)28)7-8-15(14)22/h7-8,11,19,23H,3-6,9-10H2,1-2H3. The number of carbonyl (C=O) groups is 2. The fourth-order valence-corrected chi connectivity index (χ4v) is 4.56. The summed E-state index contributed by atoms with van der Waals surface area (Å²) in [5.41, 5.74) is 2.25. The maximum atomic E-state index is 13.0. The van der Waals surface area contributed by atoms with Gasteiger partial charge in [0, 0.05) is 52.2 Å². The average Bonchev–Trinajstić information content (AvgIpc) is 2.70. The molecule has 0 amide bonds. The molecule has 0 aromatic heterocycles. The summed E-state index contributed by atoms with van der Waals surface area (Å²) < 4.78 is 5.47. The first-order valence-corrected chi connectivity index (χ1v) is 11.3. The van der Waals surface area contributed by atoms with Crippen molar-refractivity contribution < 1.29 is 19.2 Å². The molecule has 1 aromatic rings. The minimum Gasteiger partial charge on any atom is -0.461 e. The van der Waals surface area contributed by atoms with Gasteiger partial charge in [-0.2, -0.15) is 11.8 Å². The normalized spacial score (nSPS) is 18.8. The molecule has 160 valence electrons. The van der Waals surface area contributed by atoms with Crippen LogP contribution in [-0.2, 0) is 14.3 Å². The van der Waals surface area contributed by atoms with E-state index in [9.17, 15) is 19.7 Å². The number of dihydropyridines is 1. The smallest absolute Gasteiger partial charge is 0.336 e. The molecule has 1 heterocycles. The fraction of sp³-hybridized carbons (Fsp3) is 0.429. The minimum atomic E-state index is -0.798. The molecule has 0 spiro atoms. The van der Waals surface area contributed by atoms with Gasteiger partial charge in [-0.1, -0.05) is 18.5 Å². The molecule has 1 N–H and O–H groups in total. The second-order valence-corrected chi connectivity index (χ2v) is 8.86. The summed E-state index contributed by atoms with van der Waals surface area (Å²) in [6, 6.07) is 4.08. The van der Waals surface area contributed by atoms with E-state index in [0.29, 0.717) is 41.8 Å². The van der Waals surface area contributed by atoms with Crippen LogP contribution in [0.2, 0.25) is 5.02 Å². The average molecular weight is 451 g/mol. The quantitative estimate of drug-likeness (QED) is 0.282. The Kier molecular flexibility index (Phi) is 7.20. The summed E-state index contributed by atoms with van der Waals surface area (Å²) in [6.07, 6.45) is 1.73. The van der Waals surface area contributed by atoms with Gasteiger partial charge < -0.3 is 10.1 Å². The second kappa shape index (κ2) is 9.66. The minimum absolute atomic E-state index is 0.0874. The second-order valence-electron chi connectivity index (χ2n) is 7.06. The summed E-state index contributed by atoms with van der Waals surface area (Å²) in [5, 5.41) is 14.8. The molecule has 0 radical (unpaired) electrons. The van der Waals surface area contributed by atoms with Crippen molar-refractivity contribution in [1.29, 1.82) is 0 Å². The Morgan fingerprint density at radius 3 is 2.87 bits per heavy atom. The van der Waals surface area contributed by atoms with E-state index in [0.717, 1.165) is 11.4 Å². The zero-order valence-corrected chi connectivity index (χ0v) is 18.4. The number of nitrogens with zero attached hydrogens (tertiary/aromatic N) is 1. The third-order valence-electron chi connectivity index (χ3n) is 5.16. The predicted molar refractivity (Wildman–Crippen MR) is 117 cm³/mol. The molecule has 0 saturated carbocycles. The summed E-state index contributed by atoms with van der Waals surface area (Å²) >= 11 is 8.07. The van der Waals surface area contributed by atoms with Crippen LogP contribution in [0.5, 0.6) is 0 Å². The zero-order valence-electron chi connectivity index (χ0n) is 16.8. The highest BCUT2D eigenvalue weighted by Gasteiger charge is 2.40. The van der Waals surface area contributed by atoms with Gasteiger partial charge in [-0.05, 0) is 37.1 Å². The number of nitro benzene ring substituents is 1. The molecule has 7 nitrogen and oxygen atoms in total. The number of ether oxygens (including phenoxy) is 1. The lowest BCUT2D eigenvalue weighted by Gasteiger charge is -2.34. The number of ketones is 1. The fourth-order valence-electron chi connectivity index (χ4n) is 3.85. The number of hydrogen-bond acceptors (Lipinski definition) is 7. The van der Waals surface area contributed by atoms with Crippen LogP contribution in [0.1, 0.15) is 44.6 Å². The van der Waals surface area contributed by atoms with E-state index in [1.165, 1.54) is 18.2 Å². The van der Waals surface area contributed by atoms with E-state index >= 15 is 0 Å². The Balaban J connectivity index is 2.09. The number of hydrogen-bond donors (Lipinski definition) is 1. The Morgan fingerprint density at radius 1 is 1.40 bits per heavy atom. The molecular weight excluding hydrogens is 428 g/mol. The van der Waals surface area contributed by atoms with Crippen molar-refractivity contribution in [3.8, 4) is 0 Å². The maximum absolute atomic E-state index is 13.0. The Hall–Kier alpha value is -2.32. The lowest BCUT2D eigenvalue weighted by molar-refractivity contribution is -0.384. The lowest BCUT2D eigenvalue weighted by atomic mass is 9.75. The number of nitro groups is 1. The molecule has 0 bridgehead atoms. The van der Waals surface area contributed by atoms with Crippen LogP contribution in [-0.4, -0.2) is 34.8 Å². The molecule has 30 heavy (non-hydrogen) atoms. The Bertz CT molecular complexity index is 957. The van der Waals surface area contributed by atoms with E-state index in [1.54, 1.807) is 18.7 Å². The molecule has 3 rings (SSSR count). The number of Topliss-reactive ketones (excluding diaryl/α,β-unsaturated/α-hetero) is 1. The molecule has 1 atom stereocenters. The summed E-state index contributed by atoms with van der Waals surface area (Å²) in [5.74, 6) is 0.145. The van der Waals surface area contributed by atoms with Gasteiger partial charge in [-0.15, -0.1) is 0 Å². The van der Waals surface area contributed by atoms with Crippen LogP contribution in [0.25, 0.3) is 0 Å². The number of rotatable bonds is 7. The van der Waals surface area contributed by atoms with Gasteiger partial charge in [0.2, 0.25) is 0 Å². The first-order chi connectivity index (χ1) is 14.3. The van der Waals surface area contributed by atoms with E-state index in [4.69, 9.17) is 16.3 Å². The van der Waals surface area contributed by atoms with Crippen LogP contribution in [0.15, 0.2) is 40.7 Å². The number of allylic oxidation sites excluding steroid dienone is 3. The summed E-state index contributed by atoms with van der Waals surface area (Å²) in [7, 11) is 0. The molecule has 0 saturated heterocycles. The first-order valence-electron chi connectivity index (χ1n) is 9.77. The number of nitrogens with one attached hydrogen (secondary N) is 1. The van der Waals surface area contributed by atoms with Crippen molar-refractivity contribution in [3.05, 3.63) is 61.4 Å². The van der Waals surface area contributed by atoms with Gasteiger partial charge in [0.15, 0.2) is 5.78 Å². The van der Waals surface area contributed by atoms with E-state index in [1.807, 2.05) is 6.92 Å². The van der Waals surface area contributed by atoms with Crippen LogP contribution in [0.3, 0.4) is 0 Å². The highest BCUT2D eigenvalue weighted by Crippen LogP contribution is 2.45. The maximum Gasteiger partial charge on any atom is 0.336 e. The van der Waals surface area contributed by atoms with Crippen molar-refractivity contribution in [1.82, 2.24) is 5.32 Å². The highest BCUT2D eigenvalue weighted by atomic mass is 35.5. The van der Waals surface area contributed by atoms with E-state index in [2.05, 4.69) is 5.32 Å². The largest absolute Gasteiger partial charge is 0.461 e. The van der Waals surface area contributed by atoms with Gasteiger partial charge in [0.1, 0.15) is 6.61 Å². The summed E-state index contributed by atoms with van der Waals surface area (Å²) in [6.45, 7) is 4.01. The predicted octanol–water partition coefficient (Wildman–Crippen LogP) is 4.51. The number of halogens is 1. The Morgan fingerprint density at radius 2 is 2.17 bits per heavy atom. The van der Waals surface area contributed by atoms with Crippen molar-refractivity contribution in [2.45, 2.75) is 39.0 Å². The first kappa shape index (κ1) is 22.4. The summed E-state index contributed by atoms with van der Waals surface area (Å²) in [4.78, 5) is 36.7. The van der Waals surface area contributed by atoms with Crippen LogP contribution in [0, 0.1) is 10.1 Å². The third-order valence-corrected chi connectivity index (χ3v) is 6.37. The number of non-ortho nitro benzene ring substituents is 1. The van der Waals surface area contributed by atoms with Crippen molar-refractivity contribution in [3.63, 3.8) is 0 Å². The highest BCUT2D eigenvalue weighted by molar-refractivity contribution is 7.99. The van der Waals surface area contributed by atoms with Crippen molar-refractivity contribution >= 4 is 40.8 Å². The van der Waals surface area contributed by atoms with E-state index < -0.39 is 16.8 Å². The molecule has 0 fully saturated rings. The molecular formula is C21H23ClN2O5S. The lowest BCUT2D eigenvalue weighted by Crippen LogP contribution is -2.34. The molecule has 2 aliphatic rings. The Labute approximate surface area is 184 Å². The SMILES string of the molecule is CCSCCOC(=O)C1=C(C)NC2=C(C(=O)CCC2)C1c1cc([N+](=O)[O-])ccc1Cl. The van der Waals surface area contributed by atoms with Gasteiger partial charge in [0.25, 0.3) is 5.69 Å². The van der Waals surface area contributed by atoms with Crippen LogP contribution < -0.4 is 5.32 Å². The number of thioether (sulfide) groups is 1. The van der Waals surface area contributed by atoms with Crippen LogP contribution in [0.4, 0.5) is 5.69 Å². The third kappa shape index (κ3) is 4.54. The molecule has 1 aliphatic carbocycles. The molecule has 1 aromatic carbocycles. The van der Waals surface area contributed by atoms with Crippen molar-refractivity contribution in [2.75, 3.05) is 18.1 Å².